The molecule has 0 fully saturated rings. The van der Waals surface area contributed by atoms with Gasteiger partial charge in [0, 0.05) is 0 Å². The molecule has 0 unspecified atom stereocenters. The summed E-state index contributed by atoms with van der Waals surface area (Å²) in [5.74, 6) is 1.17. The number of hydrogen-bond acceptors (Lipinski definition) is 1. The molecule has 18 heavy (non-hydrogen) atoms. The zero-order valence-electron chi connectivity index (χ0n) is 10.3. The Morgan fingerprint density at radius 3 is 2.78 bits per heavy atom. The molecule has 0 aliphatic rings. The summed E-state index contributed by atoms with van der Waals surface area (Å²) in [6.45, 7) is 2.16. The van der Waals surface area contributed by atoms with Crippen LogP contribution in [-0.2, 0) is 7.05 Å². The zero-order chi connectivity index (χ0) is 12.7. The molecule has 0 N–H and O–H groups in total. The van der Waals surface area contributed by atoms with Crippen molar-refractivity contribution in [3.63, 3.8) is 0 Å². The van der Waals surface area contributed by atoms with Crippen molar-refractivity contribution in [3.05, 3.63) is 51.7 Å². The summed E-state index contributed by atoms with van der Waals surface area (Å²) in [5.41, 5.74) is 2.59. The summed E-state index contributed by atoms with van der Waals surface area (Å²) in [6.07, 6.45) is 2.07. The molecular formula is C14H13N2SSe+. The Morgan fingerprint density at radius 2 is 2.00 bits per heavy atom. The predicted molar refractivity (Wildman–Crippen MR) is 76.1 cm³/mol. The van der Waals surface area contributed by atoms with Gasteiger partial charge in [-0.1, -0.05) is 0 Å². The number of hydrogen-bond donors (Lipinski definition) is 0. The van der Waals surface area contributed by atoms with Gasteiger partial charge < -0.3 is 0 Å². The number of benzene rings is 1. The molecule has 1 aromatic carbocycles. The molecule has 2 aromatic heterocycles. The number of para-hydroxylation sites is 1. The molecule has 0 saturated heterocycles. The second-order valence-corrected chi connectivity index (χ2v) is 6.72. The Hall–Kier alpha value is -1.22. The van der Waals surface area contributed by atoms with Crippen LogP contribution in [-0.4, -0.2) is 20.1 Å². The summed E-state index contributed by atoms with van der Waals surface area (Å²) in [5, 5.41) is 0. The maximum atomic E-state index is 3.18. The number of rotatable bonds is 1. The van der Waals surface area contributed by atoms with E-state index in [-0.39, 0.29) is 0 Å². The van der Waals surface area contributed by atoms with Gasteiger partial charge in [0.2, 0.25) is 0 Å². The first-order chi connectivity index (χ1) is 8.68. The van der Waals surface area contributed by atoms with Crippen molar-refractivity contribution in [2.24, 2.45) is 7.05 Å². The SMILES string of the molecule is Cc1cccc2sc(=[Se])n(-c3cccc[n+]3C)c12. The maximum absolute atomic E-state index is 3.18. The van der Waals surface area contributed by atoms with E-state index in [9.17, 15) is 0 Å². The van der Waals surface area contributed by atoms with Crippen LogP contribution in [0.2, 0.25) is 0 Å². The quantitative estimate of drug-likeness (QED) is 0.481. The number of pyridine rings is 1. The third-order valence-corrected chi connectivity index (χ3v) is 4.87. The first-order valence-corrected chi connectivity index (χ1v) is 7.42. The molecule has 0 aliphatic heterocycles. The number of fused-ring (bicyclic) bond motifs is 1. The standard InChI is InChI=1S/C14H13N2SSe/c1-10-6-5-7-11-13(10)16(14(18)17-11)12-8-3-4-9-15(12)2/h3-9H,1-2H3/q+1. The minimum atomic E-state index is 1.17. The number of nitrogens with zero attached hydrogens (tertiary/aromatic N) is 2. The summed E-state index contributed by atoms with van der Waals surface area (Å²) in [6, 6.07) is 12.7. The van der Waals surface area contributed by atoms with Crippen LogP contribution in [0.15, 0.2) is 42.6 Å². The van der Waals surface area contributed by atoms with E-state index >= 15 is 0 Å². The second-order valence-electron chi connectivity index (χ2n) is 4.29. The summed E-state index contributed by atoms with van der Waals surface area (Å²) in [7, 11) is 2.07. The average Bonchev–Trinajstić information content (AvgIpc) is 2.68. The van der Waals surface area contributed by atoms with Crippen molar-refractivity contribution >= 4 is 37.1 Å². The van der Waals surface area contributed by atoms with Gasteiger partial charge in [0.15, 0.2) is 0 Å². The van der Waals surface area contributed by atoms with Crippen molar-refractivity contribution in [1.29, 1.82) is 0 Å². The molecule has 0 radical (unpaired) electrons. The van der Waals surface area contributed by atoms with Crippen molar-refractivity contribution in [2.45, 2.75) is 6.92 Å². The van der Waals surface area contributed by atoms with Gasteiger partial charge in [-0.15, -0.1) is 0 Å². The topological polar surface area (TPSA) is 8.81 Å². The van der Waals surface area contributed by atoms with E-state index < -0.39 is 0 Å². The molecule has 0 saturated carbocycles. The first-order valence-electron chi connectivity index (χ1n) is 5.74. The molecule has 0 atom stereocenters. The molecule has 2 nitrogen and oxygen atoms in total. The molecule has 2 heterocycles. The molecule has 0 spiro atoms. The number of aryl methyl sites for hydroxylation is 2. The number of thiazole rings is 1. The van der Waals surface area contributed by atoms with E-state index in [1.807, 2.05) is 6.07 Å². The van der Waals surface area contributed by atoms with Crippen molar-refractivity contribution < 1.29 is 4.57 Å². The van der Waals surface area contributed by atoms with Gasteiger partial charge in [-0.25, -0.2) is 0 Å². The van der Waals surface area contributed by atoms with Gasteiger partial charge >= 0.3 is 118 Å². The number of aromatic nitrogens is 2. The van der Waals surface area contributed by atoms with Crippen LogP contribution >= 0.6 is 11.3 Å². The van der Waals surface area contributed by atoms with Gasteiger partial charge in [-0.3, -0.25) is 0 Å². The van der Waals surface area contributed by atoms with Gasteiger partial charge in [0.25, 0.3) is 0 Å². The van der Waals surface area contributed by atoms with Crippen LogP contribution < -0.4 is 4.57 Å². The van der Waals surface area contributed by atoms with Crippen LogP contribution in [0.5, 0.6) is 0 Å². The molecular weight excluding hydrogens is 307 g/mol. The van der Waals surface area contributed by atoms with Gasteiger partial charge in [0.1, 0.15) is 0 Å². The summed E-state index contributed by atoms with van der Waals surface area (Å²) < 4.78 is 6.92. The third kappa shape index (κ3) is 1.77. The Kier molecular flexibility index (Phi) is 2.94. The molecule has 3 aromatic rings. The van der Waals surface area contributed by atoms with E-state index in [0.717, 1.165) is 0 Å². The van der Waals surface area contributed by atoms with Gasteiger partial charge in [-0.2, -0.15) is 0 Å². The Labute approximate surface area is 117 Å². The zero-order valence-corrected chi connectivity index (χ0v) is 12.8. The fourth-order valence-electron chi connectivity index (χ4n) is 2.19. The van der Waals surface area contributed by atoms with E-state index in [1.54, 1.807) is 11.3 Å². The average molecular weight is 320 g/mol. The van der Waals surface area contributed by atoms with Crippen LogP contribution in [0.4, 0.5) is 0 Å². The Balaban J connectivity index is 2.47. The van der Waals surface area contributed by atoms with Crippen molar-refractivity contribution in [1.82, 2.24) is 4.57 Å². The molecule has 90 valence electrons. The molecule has 4 heteroatoms. The summed E-state index contributed by atoms with van der Waals surface area (Å²) in [4.78, 5) is 0. The third-order valence-electron chi connectivity index (χ3n) is 3.06. The fraction of sp³-hybridized carbons (Fsp3) is 0.143. The molecule has 0 bridgehead atoms. The molecule has 0 amide bonds. The summed E-state index contributed by atoms with van der Waals surface area (Å²) >= 11 is 4.97. The molecule has 3 rings (SSSR count). The minimum absolute atomic E-state index is 1.17. The van der Waals surface area contributed by atoms with Crippen LogP contribution in [0.1, 0.15) is 5.56 Å². The fourth-order valence-corrected chi connectivity index (χ4v) is 4.10. The van der Waals surface area contributed by atoms with Crippen LogP contribution in [0, 0.1) is 10.4 Å². The van der Waals surface area contributed by atoms with Crippen LogP contribution in [0.3, 0.4) is 0 Å². The first kappa shape index (κ1) is 11.8. The van der Waals surface area contributed by atoms with Gasteiger partial charge in [-0.05, 0) is 0 Å². The van der Waals surface area contributed by atoms with E-state index in [2.05, 4.69) is 75.2 Å². The Bertz CT molecular complexity index is 786. The van der Waals surface area contributed by atoms with E-state index in [1.165, 1.54) is 25.1 Å². The van der Waals surface area contributed by atoms with Crippen molar-refractivity contribution in [3.8, 4) is 5.82 Å². The molecule has 0 aliphatic carbocycles. The van der Waals surface area contributed by atoms with E-state index in [0.29, 0.717) is 0 Å². The van der Waals surface area contributed by atoms with Crippen molar-refractivity contribution in [2.75, 3.05) is 0 Å². The van der Waals surface area contributed by atoms with Crippen LogP contribution in [0.25, 0.3) is 16.0 Å². The second kappa shape index (κ2) is 4.47. The van der Waals surface area contributed by atoms with Gasteiger partial charge in [0.05, 0.1) is 0 Å². The Morgan fingerprint density at radius 1 is 1.17 bits per heavy atom. The predicted octanol–water partition coefficient (Wildman–Crippen LogP) is 2.53. The van der Waals surface area contributed by atoms with E-state index in [4.69, 9.17) is 0 Å². The monoisotopic (exact) mass is 321 g/mol. The normalized spacial score (nSPS) is 11.0.